The number of hydrogen-bond donors (Lipinski definition) is 1. The smallest absolute Gasteiger partial charge is 0.0715 e. The van der Waals surface area contributed by atoms with Gasteiger partial charge in [-0.3, -0.25) is 0 Å². The second kappa shape index (κ2) is 6.19. The van der Waals surface area contributed by atoms with Crippen molar-refractivity contribution in [1.82, 2.24) is 4.90 Å². The predicted octanol–water partition coefficient (Wildman–Crippen LogP) is 3.15. The highest BCUT2D eigenvalue weighted by Crippen LogP contribution is 2.26. The molecule has 1 fully saturated rings. The van der Waals surface area contributed by atoms with E-state index in [1.165, 1.54) is 19.3 Å². The Morgan fingerprint density at radius 3 is 2.35 bits per heavy atom. The van der Waals surface area contributed by atoms with Crippen LogP contribution in [0.5, 0.6) is 0 Å². The monoisotopic (exact) mass is 241 g/mol. The molecule has 0 spiro atoms. The summed E-state index contributed by atoms with van der Waals surface area (Å²) in [5, 5.41) is 10.2. The number of β-amino-alcohol motifs (C(OH)–C–C–N with tert-alkyl or cyclic N) is 1. The first kappa shape index (κ1) is 15.0. The highest BCUT2D eigenvalue weighted by molar-refractivity contribution is 4.79. The maximum Gasteiger partial charge on any atom is 0.0715 e. The van der Waals surface area contributed by atoms with Crippen LogP contribution in [0.1, 0.15) is 53.9 Å². The zero-order valence-electron chi connectivity index (χ0n) is 12.4. The minimum atomic E-state index is -0.210. The van der Waals surface area contributed by atoms with Gasteiger partial charge in [0.2, 0.25) is 0 Å². The average molecular weight is 241 g/mol. The van der Waals surface area contributed by atoms with Gasteiger partial charge in [-0.05, 0) is 49.6 Å². The van der Waals surface area contributed by atoms with Crippen molar-refractivity contribution in [3.05, 3.63) is 0 Å². The van der Waals surface area contributed by atoms with E-state index in [1.54, 1.807) is 0 Å². The Hall–Kier alpha value is -0.0800. The predicted molar refractivity (Wildman–Crippen MR) is 74.1 cm³/mol. The molecule has 0 saturated carbocycles. The largest absolute Gasteiger partial charge is 0.391 e. The van der Waals surface area contributed by atoms with E-state index in [0.29, 0.717) is 0 Å². The minimum absolute atomic E-state index is 0.00372. The Morgan fingerprint density at radius 1 is 1.18 bits per heavy atom. The van der Waals surface area contributed by atoms with Crippen molar-refractivity contribution in [3.63, 3.8) is 0 Å². The molecule has 1 aliphatic heterocycles. The van der Waals surface area contributed by atoms with E-state index in [1.807, 2.05) is 0 Å². The summed E-state index contributed by atoms with van der Waals surface area (Å²) in [5.74, 6) is 1.69. The molecular formula is C15H31NO. The summed E-state index contributed by atoms with van der Waals surface area (Å²) in [6.45, 7) is 14.2. The summed E-state index contributed by atoms with van der Waals surface area (Å²) in [4.78, 5) is 2.46. The summed E-state index contributed by atoms with van der Waals surface area (Å²) in [5.41, 5.74) is 0.00372. The summed E-state index contributed by atoms with van der Waals surface area (Å²) in [7, 11) is 0. The fourth-order valence-corrected chi connectivity index (χ4v) is 2.55. The average Bonchev–Trinajstić information content (AvgIpc) is 2.41. The molecule has 1 heterocycles. The molecule has 0 aromatic carbocycles. The van der Waals surface area contributed by atoms with Gasteiger partial charge in [-0.1, -0.05) is 34.6 Å². The quantitative estimate of drug-likeness (QED) is 0.820. The first-order valence-electron chi connectivity index (χ1n) is 7.21. The van der Waals surface area contributed by atoms with Crippen LogP contribution in [0.2, 0.25) is 0 Å². The lowest BCUT2D eigenvalue weighted by Gasteiger charge is -2.31. The molecule has 0 radical (unpaired) electrons. The van der Waals surface area contributed by atoms with Crippen LogP contribution < -0.4 is 0 Å². The van der Waals surface area contributed by atoms with Crippen LogP contribution in [0.25, 0.3) is 0 Å². The topological polar surface area (TPSA) is 23.5 Å². The maximum atomic E-state index is 10.2. The lowest BCUT2D eigenvalue weighted by molar-refractivity contribution is 0.0289. The van der Waals surface area contributed by atoms with E-state index in [0.717, 1.165) is 31.5 Å². The first-order chi connectivity index (χ1) is 7.80. The lowest BCUT2D eigenvalue weighted by atomic mass is 9.88. The van der Waals surface area contributed by atoms with Crippen LogP contribution in [0.4, 0.5) is 0 Å². The summed E-state index contributed by atoms with van der Waals surface area (Å²) >= 11 is 0. The minimum Gasteiger partial charge on any atom is -0.391 e. The van der Waals surface area contributed by atoms with E-state index in [2.05, 4.69) is 39.5 Å². The van der Waals surface area contributed by atoms with Gasteiger partial charge >= 0.3 is 0 Å². The van der Waals surface area contributed by atoms with Gasteiger partial charge in [-0.25, -0.2) is 0 Å². The third kappa shape index (κ3) is 4.97. The van der Waals surface area contributed by atoms with Crippen molar-refractivity contribution >= 4 is 0 Å². The number of aliphatic hydroxyl groups is 1. The van der Waals surface area contributed by atoms with Crippen molar-refractivity contribution in [2.75, 3.05) is 19.6 Å². The molecule has 0 aliphatic carbocycles. The molecule has 2 unspecified atom stereocenters. The molecule has 0 aromatic heterocycles. The molecule has 2 heteroatoms. The maximum absolute atomic E-state index is 10.2. The van der Waals surface area contributed by atoms with Gasteiger partial charge < -0.3 is 10.0 Å². The Labute approximate surface area is 107 Å². The van der Waals surface area contributed by atoms with Gasteiger partial charge in [-0.15, -0.1) is 0 Å². The van der Waals surface area contributed by atoms with E-state index in [9.17, 15) is 5.11 Å². The number of likely N-dealkylation sites (tertiary alicyclic amines) is 1. The van der Waals surface area contributed by atoms with Crippen molar-refractivity contribution in [3.8, 4) is 0 Å². The first-order valence-corrected chi connectivity index (χ1v) is 7.21. The SMILES string of the molecule is CC(C)C1CCCN(CC(O)C(C)(C)C)CC1. The summed E-state index contributed by atoms with van der Waals surface area (Å²) in [6, 6.07) is 0. The Kier molecular flexibility index (Phi) is 5.46. The van der Waals surface area contributed by atoms with E-state index in [4.69, 9.17) is 0 Å². The van der Waals surface area contributed by atoms with Crippen LogP contribution in [-0.2, 0) is 0 Å². The standard InChI is InChI=1S/C15H31NO/c1-12(2)13-7-6-9-16(10-8-13)11-14(17)15(3,4)5/h12-14,17H,6-11H2,1-5H3. The molecule has 0 bridgehead atoms. The summed E-state index contributed by atoms with van der Waals surface area (Å²) < 4.78 is 0. The van der Waals surface area contributed by atoms with E-state index in [-0.39, 0.29) is 11.5 Å². The van der Waals surface area contributed by atoms with Gasteiger partial charge in [0.15, 0.2) is 0 Å². The van der Waals surface area contributed by atoms with Crippen molar-refractivity contribution in [2.45, 2.75) is 60.0 Å². The fourth-order valence-electron chi connectivity index (χ4n) is 2.55. The van der Waals surface area contributed by atoms with Gasteiger partial charge in [0.05, 0.1) is 6.10 Å². The van der Waals surface area contributed by atoms with Gasteiger partial charge in [-0.2, -0.15) is 0 Å². The Morgan fingerprint density at radius 2 is 1.82 bits per heavy atom. The van der Waals surface area contributed by atoms with E-state index < -0.39 is 0 Å². The molecule has 102 valence electrons. The highest BCUT2D eigenvalue weighted by Gasteiger charge is 2.26. The van der Waals surface area contributed by atoms with E-state index >= 15 is 0 Å². The third-order valence-corrected chi connectivity index (χ3v) is 4.24. The van der Waals surface area contributed by atoms with Gasteiger partial charge in [0.25, 0.3) is 0 Å². The Balaban J connectivity index is 2.42. The molecule has 17 heavy (non-hydrogen) atoms. The second-order valence-electron chi connectivity index (χ2n) is 7.12. The lowest BCUT2D eigenvalue weighted by Crippen LogP contribution is -2.40. The van der Waals surface area contributed by atoms with Gasteiger partial charge in [0, 0.05) is 6.54 Å². The molecule has 2 nitrogen and oxygen atoms in total. The van der Waals surface area contributed by atoms with Crippen LogP contribution in [0, 0.1) is 17.3 Å². The molecule has 0 aromatic rings. The van der Waals surface area contributed by atoms with Crippen LogP contribution >= 0.6 is 0 Å². The molecular weight excluding hydrogens is 210 g/mol. The fraction of sp³-hybridized carbons (Fsp3) is 1.00. The third-order valence-electron chi connectivity index (χ3n) is 4.24. The van der Waals surface area contributed by atoms with Crippen LogP contribution in [-0.4, -0.2) is 35.7 Å². The zero-order valence-corrected chi connectivity index (χ0v) is 12.4. The molecule has 2 atom stereocenters. The molecule has 1 rings (SSSR count). The molecule has 1 saturated heterocycles. The highest BCUT2D eigenvalue weighted by atomic mass is 16.3. The number of nitrogens with zero attached hydrogens (tertiary/aromatic N) is 1. The summed E-state index contributed by atoms with van der Waals surface area (Å²) in [6.07, 6.45) is 3.74. The van der Waals surface area contributed by atoms with Gasteiger partial charge in [0.1, 0.15) is 0 Å². The number of rotatable bonds is 3. The van der Waals surface area contributed by atoms with Crippen molar-refractivity contribution in [2.24, 2.45) is 17.3 Å². The van der Waals surface area contributed by atoms with Crippen molar-refractivity contribution < 1.29 is 5.11 Å². The molecule has 1 aliphatic rings. The Bertz CT molecular complexity index is 219. The van der Waals surface area contributed by atoms with Crippen molar-refractivity contribution in [1.29, 1.82) is 0 Å². The molecule has 1 N–H and O–H groups in total. The number of hydrogen-bond acceptors (Lipinski definition) is 2. The van der Waals surface area contributed by atoms with Crippen LogP contribution in [0.3, 0.4) is 0 Å². The normalized spacial score (nSPS) is 25.9. The number of aliphatic hydroxyl groups excluding tert-OH is 1. The zero-order chi connectivity index (χ0) is 13.1. The second-order valence-corrected chi connectivity index (χ2v) is 7.12. The van der Waals surface area contributed by atoms with Crippen LogP contribution in [0.15, 0.2) is 0 Å². The molecule has 0 amide bonds.